The number of hydrogen-bond donors (Lipinski definition) is 2. The predicted octanol–water partition coefficient (Wildman–Crippen LogP) is 3.30. The van der Waals surface area contributed by atoms with Crippen molar-refractivity contribution < 1.29 is 19.4 Å². The molecule has 1 amide bonds. The van der Waals surface area contributed by atoms with Crippen LogP contribution < -0.4 is 10.2 Å². The molecule has 36 heavy (non-hydrogen) atoms. The Morgan fingerprint density at radius 1 is 1.19 bits per heavy atom. The van der Waals surface area contributed by atoms with Crippen molar-refractivity contribution >= 4 is 39.8 Å². The van der Waals surface area contributed by atoms with Gasteiger partial charge in [-0.1, -0.05) is 11.6 Å². The highest BCUT2D eigenvalue weighted by atomic mass is 35.5. The molecule has 1 saturated carbocycles. The van der Waals surface area contributed by atoms with Crippen LogP contribution in [0.15, 0.2) is 24.4 Å². The Morgan fingerprint density at radius 2 is 2.00 bits per heavy atom. The number of piperazine rings is 1. The molecule has 3 saturated heterocycles. The Bertz CT molecular complexity index is 1170. The summed E-state index contributed by atoms with van der Waals surface area (Å²) in [5.74, 6) is 0.703. The molecule has 8 nitrogen and oxygen atoms in total. The second-order valence-corrected chi connectivity index (χ2v) is 11.7. The maximum absolute atomic E-state index is 12.9. The standard InChI is InChI=1S/C27H35ClN4O4/c1-17-14-31(5-6-32(17)26(2)16-36-15-23(26)33)22-10-18-11-24(29-13-19(18)9-21(22)28)30-25(34)20-12-27(20)3-7-35-8-4-27/h9-11,13,17,20,23,33H,3-8,12,14-16H2,1-2H3,(H,29,30,34)/t17-,20?,23?,26?/m0/s1. The summed E-state index contributed by atoms with van der Waals surface area (Å²) in [6, 6.07) is 6.23. The van der Waals surface area contributed by atoms with Gasteiger partial charge in [0.2, 0.25) is 5.91 Å². The van der Waals surface area contributed by atoms with Gasteiger partial charge in [-0.15, -0.1) is 0 Å². The number of benzene rings is 1. The third-order valence-electron chi connectivity index (χ3n) is 9.05. The van der Waals surface area contributed by atoms with Gasteiger partial charge >= 0.3 is 0 Å². The molecule has 1 aromatic heterocycles. The molecule has 3 aliphatic heterocycles. The van der Waals surface area contributed by atoms with E-state index in [2.05, 4.69) is 40.0 Å². The van der Waals surface area contributed by atoms with Crippen molar-refractivity contribution in [3.63, 3.8) is 0 Å². The van der Waals surface area contributed by atoms with E-state index in [9.17, 15) is 9.90 Å². The second-order valence-electron chi connectivity index (χ2n) is 11.3. The molecule has 2 aromatic rings. The lowest BCUT2D eigenvalue weighted by Gasteiger charge is -2.49. The Labute approximate surface area is 216 Å². The molecule has 4 aliphatic rings. The summed E-state index contributed by atoms with van der Waals surface area (Å²) in [7, 11) is 0. The SMILES string of the molecule is C[C@H]1CN(c2cc3cc(NC(=O)C4CC45CCOCC5)ncc3cc2Cl)CCN1C1(C)COCC1O. The minimum Gasteiger partial charge on any atom is -0.389 e. The summed E-state index contributed by atoms with van der Waals surface area (Å²) in [4.78, 5) is 22.1. The average Bonchev–Trinajstić information content (AvgIpc) is 3.44. The average molecular weight is 515 g/mol. The lowest BCUT2D eigenvalue weighted by molar-refractivity contribution is -0.118. The van der Waals surface area contributed by atoms with E-state index < -0.39 is 6.10 Å². The first kappa shape index (κ1) is 24.4. The zero-order valence-electron chi connectivity index (χ0n) is 21.0. The van der Waals surface area contributed by atoms with Crippen molar-refractivity contribution in [2.45, 2.75) is 50.8 Å². The molecule has 4 fully saturated rings. The van der Waals surface area contributed by atoms with Crippen LogP contribution in [0.5, 0.6) is 0 Å². The number of halogens is 1. The second kappa shape index (κ2) is 9.10. The van der Waals surface area contributed by atoms with E-state index in [-0.39, 0.29) is 28.8 Å². The van der Waals surface area contributed by atoms with E-state index in [0.717, 1.165) is 68.6 Å². The van der Waals surface area contributed by atoms with Crippen LogP contribution in [0.1, 0.15) is 33.1 Å². The van der Waals surface area contributed by atoms with Gasteiger partial charge in [0.15, 0.2) is 0 Å². The molecule has 2 N–H and O–H groups in total. The van der Waals surface area contributed by atoms with Crippen LogP contribution >= 0.6 is 11.6 Å². The van der Waals surface area contributed by atoms with Gasteiger partial charge in [-0.25, -0.2) is 4.98 Å². The van der Waals surface area contributed by atoms with E-state index in [1.165, 1.54) is 0 Å². The monoisotopic (exact) mass is 514 g/mol. The summed E-state index contributed by atoms with van der Waals surface area (Å²) in [5, 5.41) is 16.2. The molecular weight excluding hydrogens is 480 g/mol. The highest BCUT2D eigenvalue weighted by Crippen LogP contribution is 2.59. The van der Waals surface area contributed by atoms with Gasteiger partial charge in [-0.2, -0.15) is 0 Å². The fraction of sp³-hybridized carbons (Fsp3) is 0.630. The summed E-state index contributed by atoms with van der Waals surface area (Å²) in [5.41, 5.74) is 0.759. The number of amides is 1. The van der Waals surface area contributed by atoms with E-state index in [4.69, 9.17) is 21.1 Å². The molecule has 194 valence electrons. The number of anilines is 2. The summed E-state index contributed by atoms with van der Waals surface area (Å²) >= 11 is 6.73. The molecule has 9 heteroatoms. The third-order valence-corrected chi connectivity index (χ3v) is 9.35. The molecule has 0 radical (unpaired) electrons. The fourth-order valence-corrected chi connectivity index (χ4v) is 6.88. The summed E-state index contributed by atoms with van der Waals surface area (Å²) < 4.78 is 11.1. The smallest absolute Gasteiger partial charge is 0.229 e. The first-order valence-corrected chi connectivity index (χ1v) is 13.4. The van der Waals surface area contributed by atoms with Gasteiger partial charge in [0, 0.05) is 56.4 Å². The highest BCUT2D eigenvalue weighted by Gasteiger charge is 2.58. The van der Waals surface area contributed by atoms with Crippen molar-refractivity contribution in [3.8, 4) is 0 Å². The van der Waals surface area contributed by atoms with Crippen LogP contribution in [0, 0.1) is 11.3 Å². The van der Waals surface area contributed by atoms with Gasteiger partial charge in [0.1, 0.15) is 5.82 Å². The van der Waals surface area contributed by atoms with Crippen LogP contribution in [0.4, 0.5) is 11.5 Å². The van der Waals surface area contributed by atoms with Gasteiger partial charge in [-0.3, -0.25) is 9.69 Å². The number of rotatable bonds is 4. The zero-order valence-corrected chi connectivity index (χ0v) is 21.8. The quantitative estimate of drug-likeness (QED) is 0.647. The number of aromatic nitrogens is 1. The lowest BCUT2D eigenvalue weighted by atomic mass is 9.92. The number of aliphatic hydroxyl groups is 1. The van der Waals surface area contributed by atoms with E-state index >= 15 is 0 Å². The van der Waals surface area contributed by atoms with Crippen molar-refractivity contribution in [1.82, 2.24) is 9.88 Å². The molecule has 1 aliphatic carbocycles. The maximum atomic E-state index is 12.9. The van der Waals surface area contributed by atoms with E-state index in [0.29, 0.717) is 24.1 Å². The molecular formula is C27H35ClN4O4. The number of nitrogens with zero attached hydrogens (tertiary/aromatic N) is 3. The number of carbonyl (C=O) groups excluding carboxylic acids is 1. The topological polar surface area (TPSA) is 87.2 Å². The van der Waals surface area contributed by atoms with Crippen molar-refractivity contribution in [3.05, 3.63) is 29.4 Å². The number of carbonyl (C=O) groups is 1. The predicted molar refractivity (Wildman–Crippen MR) is 140 cm³/mol. The molecule has 6 rings (SSSR count). The van der Waals surface area contributed by atoms with Gasteiger partial charge < -0.3 is 24.8 Å². The number of aliphatic hydroxyl groups excluding tert-OH is 1. The Hall–Kier alpha value is -1.97. The molecule has 0 bridgehead atoms. The molecule has 1 aromatic carbocycles. The minimum atomic E-state index is -0.478. The first-order valence-electron chi connectivity index (χ1n) is 13.0. The van der Waals surface area contributed by atoms with E-state index in [1.54, 1.807) is 6.20 Å². The van der Waals surface area contributed by atoms with Crippen LogP contribution in [0.3, 0.4) is 0 Å². The maximum Gasteiger partial charge on any atom is 0.229 e. The van der Waals surface area contributed by atoms with Gasteiger partial charge in [0.25, 0.3) is 0 Å². The number of hydrogen-bond acceptors (Lipinski definition) is 7. The van der Waals surface area contributed by atoms with Gasteiger partial charge in [-0.05, 0) is 62.1 Å². The largest absolute Gasteiger partial charge is 0.389 e. The van der Waals surface area contributed by atoms with Crippen molar-refractivity contribution in [2.24, 2.45) is 11.3 Å². The van der Waals surface area contributed by atoms with Crippen LogP contribution in [0.25, 0.3) is 10.8 Å². The number of fused-ring (bicyclic) bond motifs is 1. The Balaban J connectivity index is 1.18. The Kier molecular flexibility index (Phi) is 6.16. The van der Waals surface area contributed by atoms with Crippen LogP contribution in [-0.4, -0.2) is 84.6 Å². The number of pyridine rings is 1. The lowest BCUT2D eigenvalue weighted by Crippen LogP contribution is -2.64. The van der Waals surface area contributed by atoms with Crippen LogP contribution in [-0.2, 0) is 14.3 Å². The fourth-order valence-electron chi connectivity index (χ4n) is 6.59. The number of ether oxygens (including phenoxy) is 2. The normalized spacial score (nSPS) is 32.2. The van der Waals surface area contributed by atoms with Crippen molar-refractivity contribution in [2.75, 3.05) is 56.3 Å². The summed E-state index contributed by atoms with van der Waals surface area (Å²) in [6.45, 7) is 9.15. The zero-order chi connectivity index (χ0) is 25.1. The van der Waals surface area contributed by atoms with Gasteiger partial charge in [0.05, 0.1) is 35.6 Å². The van der Waals surface area contributed by atoms with E-state index in [1.807, 2.05) is 12.1 Å². The molecule has 1 spiro atoms. The van der Waals surface area contributed by atoms with Crippen LogP contribution in [0.2, 0.25) is 5.02 Å². The third kappa shape index (κ3) is 4.17. The molecule has 4 atom stereocenters. The van der Waals surface area contributed by atoms with Crippen molar-refractivity contribution in [1.29, 1.82) is 0 Å². The first-order chi connectivity index (χ1) is 17.3. The number of nitrogens with one attached hydrogen (secondary N) is 1. The minimum absolute atomic E-state index is 0.0584. The Morgan fingerprint density at radius 3 is 2.72 bits per heavy atom. The summed E-state index contributed by atoms with van der Waals surface area (Å²) in [6.07, 6.45) is 4.18. The molecule has 3 unspecified atom stereocenters. The molecule has 4 heterocycles. The highest BCUT2D eigenvalue weighted by molar-refractivity contribution is 6.34.